The van der Waals surface area contributed by atoms with Crippen molar-refractivity contribution in [2.75, 3.05) is 0 Å². The van der Waals surface area contributed by atoms with Gasteiger partial charge in [0.1, 0.15) is 39.2 Å². The highest BCUT2D eigenvalue weighted by atomic mass is 15.0. The van der Waals surface area contributed by atoms with Crippen molar-refractivity contribution in [3.05, 3.63) is 164 Å². The number of hydrogen-bond acceptors (Lipinski definition) is 3. The molecule has 9 heteroatoms. The summed E-state index contributed by atoms with van der Waals surface area (Å²) >= 11 is 0. The van der Waals surface area contributed by atoms with Crippen LogP contribution in [0.1, 0.15) is 0 Å². The summed E-state index contributed by atoms with van der Waals surface area (Å²) in [6.07, 6.45) is 0. The summed E-state index contributed by atoms with van der Waals surface area (Å²) in [5, 5.41) is 7.45. The first-order chi connectivity index (χ1) is 29.3. The van der Waals surface area contributed by atoms with Crippen LogP contribution in [0.25, 0.3) is 105 Å². The fourth-order valence-electron chi connectivity index (χ4n) is 8.78. The normalized spacial score (nSPS) is 11.7. The Hall–Kier alpha value is -7.11. The van der Waals surface area contributed by atoms with E-state index in [4.69, 9.17) is 54.2 Å². The Balaban J connectivity index is 1.16. The smallest absolute Gasteiger partial charge is 0.164 e. The molecule has 0 unspecified atom stereocenters. The largest absolute Gasteiger partial charge is 0.309 e. The van der Waals surface area contributed by atoms with Crippen LogP contribution in [0.4, 0.5) is 0 Å². The molecule has 2 aromatic heterocycles. The molecule has 0 spiro atoms. The van der Waals surface area contributed by atoms with Crippen molar-refractivity contribution in [2.45, 2.75) is 0 Å². The monoisotopic (exact) mass is 750 g/mol. The third kappa shape index (κ3) is 5.64. The van der Waals surface area contributed by atoms with Gasteiger partial charge in [-0.15, -0.1) is 16.4 Å². The van der Waals surface area contributed by atoms with Gasteiger partial charge in [0.15, 0.2) is 17.5 Å². The van der Waals surface area contributed by atoms with Crippen LogP contribution >= 0.6 is 0 Å². The first kappa shape index (κ1) is 36.0. The molecule has 0 bridgehead atoms. The Morgan fingerprint density at radius 3 is 1.28 bits per heavy atom. The van der Waals surface area contributed by atoms with Crippen LogP contribution < -0.4 is 27.3 Å². The molecule has 0 aliphatic heterocycles. The van der Waals surface area contributed by atoms with Crippen molar-refractivity contribution in [3.63, 3.8) is 0 Å². The minimum atomic E-state index is 0.153. The molecule has 0 N–H and O–H groups in total. The van der Waals surface area contributed by atoms with Crippen molar-refractivity contribution in [1.29, 1.82) is 0 Å². The highest BCUT2D eigenvalue weighted by molar-refractivity contribution is 6.68. The van der Waals surface area contributed by atoms with Gasteiger partial charge in [0.25, 0.3) is 0 Å². The number of fused-ring (bicyclic) bond motifs is 3. The van der Waals surface area contributed by atoms with Crippen LogP contribution in [0, 0.1) is 0 Å². The predicted molar refractivity (Wildman–Crippen MR) is 254 cm³/mol. The zero-order valence-electron chi connectivity index (χ0n) is 32.3. The summed E-state index contributed by atoms with van der Waals surface area (Å²) < 4.78 is 2.36. The van der Waals surface area contributed by atoms with Gasteiger partial charge in [0.05, 0.1) is 11.0 Å². The van der Waals surface area contributed by atoms with E-state index in [0.29, 0.717) is 34.2 Å². The Morgan fingerprint density at radius 2 is 0.733 bits per heavy atom. The first-order valence-electron chi connectivity index (χ1n) is 19.6. The molecule has 0 fully saturated rings. The van der Waals surface area contributed by atoms with E-state index < -0.39 is 0 Å². The zero-order chi connectivity index (χ0) is 40.6. The second-order valence-electron chi connectivity index (χ2n) is 15.1. The molecule has 4 nitrogen and oxygen atoms in total. The van der Waals surface area contributed by atoms with E-state index >= 15 is 0 Å². The van der Waals surface area contributed by atoms with Crippen LogP contribution in [-0.2, 0) is 0 Å². The molecule has 60 heavy (non-hydrogen) atoms. The average molecular weight is 750 g/mol. The van der Waals surface area contributed by atoms with Crippen LogP contribution in [0.15, 0.2) is 164 Å². The van der Waals surface area contributed by atoms with Gasteiger partial charge in [-0.3, -0.25) is 0 Å². The van der Waals surface area contributed by atoms with Gasteiger partial charge in [-0.2, -0.15) is 0 Å². The lowest BCUT2D eigenvalue weighted by atomic mass is 9.59. The molecular formula is C51H27B5N4. The lowest BCUT2D eigenvalue weighted by Gasteiger charge is -2.22. The van der Waals surface area contributed by atoms with Crippen LogP contribution in [0.3, 0.4) is 0 Å². The summed E-state index contributed by atoms with van der Waals surface area (Å²) in [6, 6.07) is 56.2. The fraction of sp³-hybridized carbons (Fsp3) is 0. The van der Waals surface area contributed by atoms with Crippen molar-refractivity contribution in [3.8, 4) is 62.1 Å². The average Bonchev–Trinajstić information content (AvgIpc) is 3.66. The molecule has 10 radical (unpaired) electrons. The van der Waals surface area contributed by atoms with Crippen molar-refractivity contribution in [2.24, 2.45) is 0 Å². The Kier molecular flexibility index (Phi) is 8.42. The summed E-state index contributed by atoms with van der Waals surface area (Å²) in [4.78, 5) is 15.1. The number of nitrogens with zero attached hydrogens (tertiary/aromatic N) is 4. The van der Waals surface area contributed by atoms with Crippen molar-refractivity contribution < 1.29 is 0 Å². The molecule has 2 heterocycles. The fourth-order valence-corrected chi connectivity index (χ4v) is 8.78. The number of aromatic nitrogens is 4. The molecule has 266 valence electrons. The minimum Gasteiger partial charge on any atom is -0.309 e. The summed E-state index contributed by atoms with van der Waals surface area (Å²) in [5.74, 6) is 1.55. The van der Waals surface area contributed by atoms with Gasteiger partial charge in [0, 0.05) is 33.2 Å². The number of hydrogen-bond donors (Lipinski definition) is 0. The first-order valence-corrected chi connectivity index (χ1v) is 19.6. The number of benzene rings is 9. The van der Waals surface area contributed by atoms with E-state index in [-0.39, 0.29) is 27.3 Å². The second kappa shape index (κ2) is 14.0. The summed E-state index contributed by atoms with van der Waals surface area (Å²) in [5.41, 5.74) is 9.69. The van der Waals surface area contributed by atoms with Gasteiger partial charge in [0.2, 0.25) is 0 Å². The Morgan fingerprint density at radius 1 is 0.317 bits per heavy atom. The topological polar surface area (TPSA) is 43.6 Å². The maximum Gasteiger partial charge on any atom is 0.164 e. The molecule has 0 saturated carbocycles. The lowest BCUT2D eigenvalue weighted by molar-refractivity contribution is 1.07. The molecule has 0 aliphatic rings. The molecule has 11 aromatic rings. The van der Waals surface area contributed by atoms with E-state index in [1.165, 1.54) is 32.3 Å². The van der Waals surface area contributed by atoms with E-state index in [1.54, 1.807) is 0 Å². The maximum absolute atomic E-state index is 6.73. The van der Waals surface area contributed by atoms with Gasteiger partial charge < -0.3 is 4.57 Å². The number of rotatable bonds is 6. The summed E-state index contributed by atoms with van der Waals surface area (Å²) in [7, 11) is 32.6. The van der Waals surface area contributed by atoms with Crippen LogP contribution in [0.2, 0.25) is 0 Å². The van der Waals surface area contributed by atoms with Gasteiger partial charge in [-0.1, -0.05) is 132 Å². The standard InChI is InChI=1S/C51H27B5N4/c52-44-41(45(53)47(55)48(56)46(44)54)32-24-31(25-33(26-32)51-58-49(28-12-3-1-4-13-28)57-50(59-51)29-14-5-2-6-15-29)30-16-9-17-34(27-30)60-39-22-10-20-37-35-18-7-8-19-36(35)38-21-11-23-40(60)43(38)42(37)39/h1-27H. The molecule has 0 amide bonds. The minimum absolute atomic E-state index is 0.153. The highest BCUT2D eigenvalue weighted by Gasteiger charge is 2.21. The molecule has 0 aliphatic carbocycles. The highest BCUT2D eigenvalue weighted by Crippen LogP contribution is 2.44. The summed E-state index contributed by atoms with van der Waals surface area (Å²) in [6.45, 7) is 0. The Labute approximate surface area is 353 Å². The van der Waals surface area contributed by atoms with Crippen molar-refractivity contribution >= 4 is 110 Å². The maximum atomic E-state index is 6.73. The van der Waals surface area contributed by atoms with Crippen LogP contribution in [-0.4, -0.2) is 58.8 Å². The van der Waals surface area contributed by atoms with E-state index in [9.17, 15) is 0 Å². The SMILES string of the molecule is [B]c1c([B])c([B])c(-c2cc(-c3cccc(-n4c5cccc6c7ccccc7c7cccc4c7c65)c3)cc(-c3nc(-c4ccccc4)nc(-c4ccccc4)n3)c2)c([B])c1[B]. The third-order valence-electron chi connectivity index (χ3n) is 11.6. The zero-order valence-corrected chi connectivity index (χ0v) is 32.3. The molecule has 9 aromatic carbocycles. The van der Waals surface area contributed by atoms with Gasteiger partial charge in [-0.05, 0) is 86.3 Å². The second-order valence-corrected chi connectivity index (χ2v) is 15.1. The van der Waals surface area contributed by atoms with E-state index in [1.807, 2.05) is 72.8 Å². The van der Waals surface area contributed by atoms with Crippen LogP contribution in [0.5, 0.6) is 0 Å². The lowest BCUT2D eigenvalue weighted by Crippen LogP contribution is -2.55. The van der Waals surface area contributed by atoms with E-state index in [2.05, 4.69) is 95.6 Å². The molecule has 11 rings (SSSR count). The van der Waals surface area contributed by atoms with E-state index in [0.717, 1.165) is 39.0 Å². The third-order valence-corrected chi connectivity index (χ3v) is 11.6. The van der Waals surface area contributed by atoms with Gasteiger partial charge >= 0.3 is 0 Å². The Bertz CT molecular complexity index is 3320. The molecular weight excluding hydrogens is 723 g/mol. The predicted octanol–water partition coefficient (Wildman–Crippen LogP) is 7.02. The van der Waals surface area contributed by atoms with Crippen molar-refractivity contribution in [1.82, 2.24) is 19.5 Å². The quantitative estimate of drug-likeness (QED) is 0.136. The molecule has 0 saturated heterocycles. The molecule has 0 atom stereocenters. The van der Waals surface area contributed by atoms with Gasteiger partial charge in [-0.25, -0.2) is 15.0 Å².